The van der Waals surface area contributed by atoms with E-state index in [9.17, 15) is 13.2 Å². The number of H-pyrrole nitrogens is 1. The number of aromatic amines is 1. The fourth-order valence-electron chi connectivity index (χ4n) is 1.55. The van der Waals surface area contributed by atoms with Gasteiger partial charge in [0.05, 0.1) is 7.11 Å². The number of benzene rings is 1. The lowest BCUT2D eigenvalue weighted by atomic mass is 10.1. The Morgan fingerprint density at radius 2 is 1.83 bits per heavy atom. The van der Waals surface area contributed by atoms with Crippen molar-refractivity contribution in [1.82, 2.24) is 10.2 Å². The summed E-state index contributed by atoms with van der Waals surface area (Å²) in [5.74, 6) is 0.589. The zero-order valence-corrected chi connectivity index (χ0v) is 11.3. The molecule has 0 fully saturated rings. The Morgan fingerprint density at radius 1 is 1.22 bits per heavy atom. The molecule has 1 aromatic heterocycles. The van der Waals surface area contributed by atoms with Crippen LogP contribution in [0.1, 0.15) is 5.69 Å². The maximum absolute atomic E-state index is 12.8. The zero-order valence-electron chi connectivity index (χ0n) is 9.18. The van der Waals surface area contributed by atoms with Gasteiger partial charge < -0.3 is 4.74 Å². The van der Waals surface area contributed by atoms with Crippen molar-refractivity contribution in [3.05, 3.63) is 33.7 Å². The summed E-state index contributed by atoms with van der Waals surface area (Å²) in [5, 5.41) is 5.64. The van der Waals surface area contributed by atoms with Gasteiger partial charge >= 0.3 is 6.18 Å². The molecule has 0 aliphatic carbocycles. The largest absolute Gasteiger partial charge is 0.497 e. The topological polar surface area (TPSA) is 37.9 Å². The molecular weight excluding hydrogens is 360 g/mol. The molecule has 0 aliphatic rings. The molecule has 0 radical (unpaired) electrons. The Hall–Kier alpha value is -1.25. The second-order valence-corrected chi connectivity index (χ2v) is 4.51. The quantitative estimate of drug-likeness (QED) is 0.821. The lowest BCUT2D eigenvalue weighted by Gasteiger charge is -2.08. The van der Waals surface area contributed by atoms with Crippen LogP contribution in [0.15, 0.2) is 24.3 Å². The van der Waals surface area contributed by atoms with Crippen molar-refractivity contribution in [1.29, 1.82) is 0 Å². The highest BCUT2D eigenvalue weighted by molar-refractivity contribution is 14.1. The average molecular weight is 368 g/mol. The minimum Gasteiger partial charge on any atom is -0.497 e. The van der Waals surface area contributed by atoms with Crippen LogP contribution in [-0.2, 0) is 6.18 Å². The van der Waals surface area contributed by atoms with Gasteiger partial charge in [0.2, 0.25) is 0 Å². The van der Waals surface area contributed by atoms with Gasteiger partial charge in [0.1, 0.15) is 15.1 Å². The number of nitrogens with zero attached hydrogens (tertiary/aromatic N) is 1. The van der Waals surface area contributed by atoms with Gasteiger partial charge in [-0.3, -0.25) is 5.10 Å². The van der Waals surface area contributed by atoms with Crippen molar-refractivity contribution < 1.29 is 17.9 Å². The molecule has 0 saturated heterocycles. The summed E-state index contributed by atoms with van der Waals surface area (Å²) in [6.07, 6.45) is -4.45. The van der Waals surface area contributed by atoms with Gasteiger partial charge in [-0.1, -0.05) is 12.1 Å². The summed E-state index contributed by atoms with van der Waals surface area (Å²) in [6.45, 7) is 0. The van der Waals surface area contributed by atoms with Gasteiger partial charge in [-0.05, 0) is 40.3 Å². The molecule has 1 heterocycles. The molecule has 96 valence electrons. The minimum absolute atomic E-state index is 0.0609. The van der Waals surface area contributed by atoms with Crippen molar-refractivity contribution in [2.75, 3.05) is 7.11 Å². The van der Waals surface area contributed by atoms with Gasteiger partial charge in [0.15, 0.2) is 0 Å². The molecule has 0 spiro atoms. The number of nitrogens with one attached hydrogen (secondary N) is 1. The monoisotopic (exact) mass is 368 g/mol. The number of halogens is 4. The van der Waals surface area contributed by atoms with E-state index in [1.165, 1.54) is 7.11 Å². The summed E-state index contributed by atoms with van der Waals surface area (Å²) >= 11 is 1.77. The molecule has 2 aromatic rings. The first-order valence-electron chi connectivity index (χ1n) is 4.89. The van der Waals surface area contributed by atoms with Crippen LogP contribution in [0.25, 0.3) is 11.1 Å². The predicted molar refractivity (Wildman–Crippen MR) is 68.3 cm³/mol. The predicted octanol–water partition coefficient (Wildman–Crippen LogP) is 3.71. The maximum atomic E-state index is 12.8. The molecule has 0 saturated carbocycles. The molecule has 0 aliphatic heterocycles. The van der Waals surface area contributed by atoms with E-state index in [0.717, 1.165) is 0 Å². The molecule has 18 heavy (non-hydrogen) atoms. The molecule has 0 amide bonds. The molecule has 2 rings (SSSR count). The average Bonchev–Trinajstić information content (AvgIpc) is 2.71. The number of rotatable bonds is 2. The number of hydrogen-bond acceptors (Lipinski definition) is 2. The van der Waals surface area contributed by atoms with Crippen LogP contribution in [0.2, 0.25) is 0 Å². The molecule has 1 N–H and O–H groups in total. The van der Waals surface area contributed by atoms with Crippen LogP contribution in [0.5, 0.6) is 5.75 Å². The number of methoxy groups -OCH3 is 1. The van der Waals surface area contributed by atoms with Gasteiger partial charge in [-0.15, -0.1) is 0 Å². The molecule has 3 nitrogen and oxygen atoms in total. The number of aromatic nitrogens is 2. The van der Waals surface area contributed by atoms with Gasteiger partial charge in [-0.2, -0.15) is 18.3 Å². The Kier molecular flexibility index (Phi) is 3.51. The van der Waals surface area contributed by atoms with E-state index in [1.54, 1.807) is 46.9 Å². The number of ether oxygens (including phenoxy) is 1. The second-order valence-electron chi connectivity index (χ2n) is 3.49. The first-order chi connectivity index (χ1) is 8.43. The van der Waals surface area contributed by atoms with Gasteiger partial charge in [0, 0.05) is 5.56 Å². The smallest absolute Gasteiger partial charge is 0.433 e. The molecule has 0 bridgehead atoms. The SMILES string of the molecule is COc1ccc(-c2c(I)n[nH]c2C(F)(F)F)cc1. The molecule has 0 unspecified atom stereocenters. The van der Waals surface area contributed by atoms with E-state index in [0.29, 0.717) is 11.3 Å². The molecular formula is C11H8F3IN2O. The number of hydrogen-bond donors (Lipinski definition) is 1. The summed E-state index contributed by atoms with van der Waals surface area (Å²) < 4.78 is 43.6. The minimum atomic E-state index is -4.45. The van der Waals surface area contributed by atoms with Crippen LogP contribution in [0.3, 0.4) is 0 Å². The van der Waals surface area contributed by atoms with E-state index in [-0.39, 0.29) is 9.26 Å². The van der Waals surface area contributed by atoms with Crippen LogP contribution >= 0.6 is 22.6 Å². The zero-order chi connectivity index (χ0) is 13.3. The lowest BCUT2D eigenvalue weighted by Crippen LogP contribution is -2.07. The van der Waals surface area contributed by atoms with E-state index >= 15 is 0 Å². The van der Waals surface area contributed by atoms with Gasteiger partial charge in [0.25, 0.3) is 0 Å². The summed E-state index contributed by atoms with van der Waals surface area (Å²) in [7, 11) is 1.50. The molecule has 1 aromatic carbocycles. The standard InChI is InChI=1S/C11H8F3IN2O/c1-18-7-4-2-6(3-5-7)8-9(11(12,13)14)16-17-10(8)15/h2-5H,1H3,(H,16,17). The maximum Gasteiger partial charge on any atom is 0.433 e. The van der Waals surface area contributed by atoms with Crippen LogP contribution in [0, 0.1) is 3.70 Å². The Morgan fingerprint density at radius 3 is 2.33 bits per heavy atom. The fraction of sp³-hybridized carbons (Fsp3) is 0.182. The van der Waals surface area contributed by atoms with Crippen LogP contribution in [0.4, 0.5) is 13.2 Å². The summed E-state index contributed by atoms with van der Waals surface area (Å²) in [4.78, 5) is 0. The Bertz CT molecular complexity index is 548. The van der Waals surface area contributed by atoms with Crippen molar-refractivity contribution in [3.63, 3.8) is 0 Å². The number of alkyl halides is 3. The highest BCUT2D eigenvalue weighted by atomic mass is 127. The van der Waals surface area contributed by atoms with Crippen LogP contribution in [-0.4, -0.2) is 17.3 Å². The van der Waals surface area contributed by atoms with Crippen molar-refractivity contribution in [2.24, 2.45) is 0 Å². The highest BCUT2D eigenvalue weighted by Crippen LogP contribution is 2.38. The second kappa shape index (κ2) is 4.79. The first-order valence-corrected chi connectivity index (χ1v) is 5.97. The summed E-state index contributed by atoms with van der Waals surface area (Å²) in [6, 6.07) is 6.36. The van der Waals surface area contributed by atoms with Crippen molar-refractivity contribution >= 4 is 22.6 Å². The van der Waals surface area contributed by atoms with E-state index in [2.05, 4.69) is 5.10 Å². The van der Waals surface area contributed by atoms with E-state index in [4.69, 9.17) is 4.74 Å². The van der Waals surface area contributed by atoms with Crippen molar-refractivity contribution in [2.45, 2.75) is 6.18 Å². The van der Waals surface area contributed by atoms with E-state index < -0.39 is 11.9 Å². The highest BCUT2D eigenvalue weighted by Gasteiger charge is 2.37. The third-order valence-electron chi connectivity index (χ3n) is 2.38. The lowest BCUT2D eigenvalue weighted by molar-refractivity contribution is -0.140. The van der Waals surface area contributed by atoms with Crippen molar-refractivity contribution in [3.8, 4) is 16.9 Å². The summed E-state index contributed by atoms with van der Waals surface area (Å²) in [5.41, 5.74) is -0.330. The third kappa shape index (κ3) is 2.45. The Labute approximate surface area is 114 Å². The van der Waals surface area contributed by atoms with Gasteiger partial charge in [-0.25, -0.2) is 0 Å². The van der Waals surface area contributed by atoms with Crippen LogP contribution < -0.4 is 4.74 Å². The Balaban J connectivity index is 2.52. The van der Waals surface area contributed by atoms with E-state index in [1.807, 2.05) is 5.10 Å². The molecule has 7 heteroatoms. The third-order valence-corrected chi connectivity index (χ3v) is 3.16. The first kappa shape index (κ1) is 13.2. The molecule has 0 atom stereocenters. The normalized spacial score (nSPS) is 11.6. The fourth-order valence-corrected chi connectivity index (χ4v) is 2.25.